The zero-order chi connectivity index (χ0) is 15.0. The quantitative estimate of drug-likeness (QED) is 0.803. The van der Waals surface area contributed by atoms with Crippen LogP contribution in [0, 0.1) is 0 Å². The molecule has 0 saturated carbocycles. The van der Waals surface area contributed by atoms with Crippen LogP contribution in [0.4, 0.5) is 5.69 Å². The lowest BCUT2D eigenvalue weighted by Gasteiger charge is -2.17. The van der Waals surface area contributed by atoms with Crippen LogP contribution < -0.4 is 5.32 Å². The maximum absolute atomic E-state index is 11.9. The smallest absolute Gasteiger partial charge is 0.340 e. The van der Waals surface area contributed by atoms with Gasteiger partial charge in [0.15, 0.2) is 0 Å². The number of carbonyl (C=O) groups is 1. The summed E-state index contributed by atoms with van der Waals surface area (Å²) < 4.78 is 5.62. The van der Waals surface area contributed by atoms with E-state index in [0.29, 0.717) is 10.6 Å². The molecule has 1 aliphatic rings. The molecular weight excluding hydrogens is 329 g/mol. The molecule has 3 nitrogen and oxygen atoms in total. The third-order valence-corrected chi connectivity index (χ3v) is 5.14. The highest BCUT2D eigenvalue weighted by atomic mass is 35.5. The summed E-state index contributed by atoms with van der Waals surface area (Å²) in [6.45, 7) is 0. The second-order valence-electron chi connectivity index (χ2n) is 4.85. The van der Waals surface area contributed by atoms with Gasteiger partial charge in [-0.15, -0.1) is 11.3 Å². The van der Waals surface area contributed by atoms with Crippen molar-refractivity contribution in [3.63, 3.8) is 0 Å². The van der Waals surface area contributed by atoms with Gasteiger partial charge in [0, 0.05) is 15.6 Å². The number of rotatable bonds is 3. The van der Waals surface area contributed by atoms with Gasteiger partial charge in [-0.3, -0.25) is 0 Å². The Balaban J connectivity index is 1.90. The van der Waals surface area contributed by atoms with Crippen molar-refractivity contribution in [1.82, 2.24) is 0 Å². The minimum atomic E-state index is -0.401. The van der Waals surface area contributed by atoms with Gasteiger partial charge in [-0.1, -0.05) is 23.2 Å². The number of methoxy groups -OCH3 is 1. The molecule has 0 amide bonds. The fraction of sp³-hybridized carbons (Fsp3) is 0.267. The Labute approximate surface area is 136 Å². The molecule has 110 valence electrons. The first-order valence-corrected chi connectivity index (χ1v) is 8.08. The fourth-order valence-corrected chi connectivity index (χ4v) is 4.12. The molecule has 1 aromatic heterocycles. The van der Waals surface area contributed by atoms with E-state index in [0.717, 1.165) is 22.9 Å². The van der Waals surface area contributed by atoms with E-state index in [4.69, 9.17) is 27.9 Å². The van der Waals surface area contributed by atoms with Crippen molar-refractivity contribution in [2.24, 2.45) is 0 Å². The molecule has 0 saturated heterocycles. The molecule has 0 spiro atoms. The molecule has 0 bridgehead atoms. The molecule has 0 aliphatic heterocycles. The van der Waals surface area contributed by atoms with Gasteiger partial charge in [0.1, 0.15) is 0 Å². The average Bonchev–Trinajstić information content (AvgIpc) is 3.00. The Morgan fingerprint density at radius 2 is 2.19 bits per heavy atom. The van der Waals surface area contributed by atoms with E-state index in [1.807, 2.05) is 6.07 Å². The van der Waals surface area contributed by atoms with Crippen LogP contribution in [0.5, 0.6) is 0 Å². The van der Waals surface area contributed by atoms with Crippen LogP contribution in [0.15, 0.2) is 24.3 Å². The summed E-state index contributed by atoms with van der Waals surface area (Å²) >= 11 is 13.7. The Morgan fingerprint density at radius 3 is 2.95 bits per heavy atom. The van der Waals surface area contributed by atoms with Gasteiger partial charge >= 0.3 is 5.97 Å². The molecule has 6 heteroatoms. The van der Waals surface area contributed by atoms with Crippen LogP contribution in [0.3, 0.4) is 0 Å². The van der Waals surface area contributed by atoms with Crippen molar-refractivity contribution in [2.75, 3.05) is 12.4 Å². The monoisotopic (exact) mass is 341 g/mol. The topological polar surface area (TPSA) is 38.3 Å². The average molecular weight is 342 g/mol. The highest BCUT2D eigenvalue weighted by Gasteiger charge is 2.26. The largest absolute Gasteiger partial charge is 0.465 e. The standard InChI is InChI=1S/C15H13Cl2NO2S/c1-20-15(19)10-6-8(16)2-3-12(10)18-11-4-5-13-9(11)7-14(17)21-13/h2-3,6-7,11,18H,4-5H2,1H3. The van der Waals surface area contributed by atoms with Gasteiger partial charge in [-0.2, -0.15) is 0 Å². The van der Waals surface area contributed by atoms with Crippen LogP contribution in [-0.2, 0) is 11.2 Å². The van der Waals surface area contributed by atoms with Gasteiger partial charge in [0.2, 0.25) is 0 Å². The van der Waals surface area contributed by atoms with Crippen molar-refractivity contribution >= 4 is 46.2 Å². The van der Waals surface area contributed by atoms with E-state index < -0.39 is 5.97 Å². The van der Waals surface area contributed by atoms with Gasteiger partial charge in [0.25, 0.3) is 0 Å². The minimum Gasteiger partial charge on any atom is -0.465 e. The Morgan fingerprint density at radius 1 is 1.38 bits per heavy atom. The third-order valence-electron chi connectivity index (χ3n) is 3.56. The van der Waals surface area contributed by atoms with Gasteiger partial charge in [0.05, 0.1) is 23.1 Å². The first kappa shape index (κ1) is 14.7. The van der Waals surface area contributed by atoms with E-state index in [9.17, 15) is 4.79 Å². The van der Waals surface area contributed by atoms with E-state index in [1.54, 1.807) is 29.5 Å². The van der Waals surface area contributed by atoms with Crippen LogP contribution in [-0.4, -0.2) is 13.1 Å². The van der Waals surface area contributed by atoms with E-state index in [-0.39, 0.29) is 6.04 Å². The van der Waals surface area contributed by atoms with Crippen LogP contribution in [0.2, 0.25) is 9.36 Å². The van der Waals surface area contributed by atoms with Crippen molar-refractivity contribution < 1.29 is 9.53 Å². The zero-order valence-electron chi connectivity index (χ0n) is 11.3. The summed E-state index contributed by atoms with van der Waals surface area (Å²) in [5.74, 6) is -0.401. The van der Waals surface area contributed by atoms with Crippen LogP contribution in [0.1, 0.15) is 33.3 Å². The molecule has 21 heavy (non-hydrogen) atoms. The van der Waals surface area contributed by atoms with Crippen molar-refractivity contribution in [2.45, 2.75) is 18.9 Å². The van der Waals surface area contributed by atoms with Crippen molar-refractivity contribution in [3.05, 3.63) is 49.6 Å². The first-order chi connectivity index (χ1) is 10.1. The lowest BCUT2D eigenvalue weighted by Crippen LogP contribution is -2.12. The summed E-state index contributed by atoms with van der Waals surface area (Å²) in [4.78, 5) is 13.2. The minimum absolute atomic E-state index is 0.160. The lowest BCUT2D eigenvalue weighted by atomic mass is 10.1. The summed E-state index contributed by atoms with van der Waals surface area (Å²) in [5, 5.41) is 3.92. The molecule has 1 unspecified atom stereocenters. The van der Waals surface area contributed by atoms with E-state index in [2.05, 4.69) is 5.32 Å². The number of ether oxygens (including phenoxy) is 1. The maximum atomic E-state index is 11.9. The summed E-state index contributed by atoms with van der Waals surface area (Å²) in [6.07, 6.45) is 1.99. The summed E-state index contributed by atoms with van der Waals surface area (Å²) in [5.41, 5.74) is 2.39. The van der Waals surface area contributed by atoms with E-state index >= 15 is 0 Å². The number of hydrogen-bond acceptors (Lipinski definition) is 4. The molecule has 3 rings (SSSR count). The number of fused-ring (bicyclic) bond motifs is 1. The number of thiophene rings is 1. The Kier molecular flexibility index (Phi) is 4.11. The normalized spacial score (nSPS) is 16.6. The molecule has 1 N–H and O–H groups in total. The highest BCUT2D eigenvalue weighted by molar-refractivity contribution is 7.16. The lowest BCUT2D eigenvalue weighted by molar-refractivity contribution is 0.0602. The number of esters is 1. The molecule has 2 aromatic rings. The summed E-state index contributed by atoms with van der Waals surface area (Å²) in [7, 11) is 1.36. The van der Waals surface area contributed by atoms with Gasteiger partial charge in [-0.05, 0) is 42.7 Å². The number of hydrogen-bond donors (Lipinski definition) is 1. The van der Waals surface area contributed by atoms with E-state index in [1.165, 1.54) is 17.6 Å². The number of aryl methyl sites for hydroxylation is 1. The number of halogens is 2. The number of nitrogens with one attached hydrogen (secondary N) is 1. The molecule has 1 atom stereocenters. The first-order valence-electron chi connectivity index (χ1n) is 6.51. The van der Waals surface area contributed by atoms with Gasteiger partial charge < -0.3 is 10.1 Å². The predicted octanol–water partition coefficient (Wildman–Crippen LogP) is 4.94. The molecule has 0 radical (unpaired) electrons. The van der Waals surface area contributed by atoms with Crippen molar-refractivity contribution in [1.29, 1.82) is 0 Å². The number of anilines is 1. The van der Waals surface area contributed by atoms with Crippen LogP contribution >= 0.6 is 34.5 Å². The summed E-state index contributed by atoms with van der Waals surface area (Å²) in [6, 6.07) is 7.34. The molecule has 0 fully saturated rings. The highest BCUT2D eigenvalue weighted by Crippen LogP contribution is 2.41. The molecule has 1 heterocycles. The predicted molar refractivity (Wildman–Crippen MR) is 86.8 cm³/mol. The molecule has 1 aromatic carbocycles. The maximum Gasteiger partial charge on any atom is 0.340 e. The third kappa shape index (κ3) is 2.89. The molecule has 1 aliphatic carbocycles. The Bertz CT molecular complexity index is 699. The fourth-order valence-electron chi connectivity index (χ4n) is 2.59. The number of benzene rings is 1. The SMILES string of the molecule is COC(=O)c1cc(Cl)ccc1NC1CCc2sc(Cl)cc21. The Hall–Kier alpha value is -1.23. The van der Waals surface area contributed by atoms with Crippen molar-refractivity contribution in [3.8, 4) is 0 Å². The zero-order valence-corrected chi connectivity index (χ0v) is 13.6. The number of carbonyl (C=O) groups excluding carboxylic acids is 1. The second kappa shape index (κ2) is 5.87. The second-order valence-corrected chi connectivity index (χ2v) is 7.05. The molecular formula is C15H13Cl2NO2S. The van der Waals surface area contributed by atoms with Crippen LogP contribution in [0.25, 0.3) is 0 Å². The van der Waals surface area contributed by atoms with Gasteiger partial charge in [-0.25, -0.2) is 4.79 Å².